The Hall–Kier alpha value is -3.00. The Labute approximate surface area is 174 Å². The van der Waals surface area contributed by atoms with Crippen molar-refractivity contribution in [3.05, 3.63) is 58.3 Å². The minimum atomic E-state index is -0.815. The van der Waals surface area contributed by atoms with Gasteiger partial charge in [-0.25, -0.2) is 4.98 Å². The molecule has 1 fully saturated rings. The third-order valence-corrected chi connectivity index (χ3v) is 5.81. The summed E-state index contributed by atoms with van der Waals surface area (Å²) in [6.07, 6.45) is 5.42. The van der Waals surface area contributed by atoms with Gasteiger partial charge in [0, 0.05) is 33.0 Å². The second-order valence-corrected chi connectivity index (χ2v) is 8.18. The molecule has 2 aromatic heterocycles. The van der Waals surface area contributed by atoms with Crippen molar-refractivity contribution in [2.45, 2.75) is 50.7 Å². The summed E-state index contributed by atoms with van der Waals surface area (Å²) < 4.78 is 1.55. The fourth-order valence-corrected chi connectivity index (χ4v) is 4.16. The highest BCUT2D eigenvalue weighted by Crippen LogP contribution is 2.30. The number of benzene rings is 1. The number of nitrogens with one attached hydrogen (secondary N) is 1. The number of rotatable bonds is 7. The van der Waals surface area contributed by atoms with Crippen LogP contribution >= 0.6 is 0 Å². The van der Waals surface area contributed by atoms with Crippen LogP contribution in [0.4, 0.5) is 0 Å². The van der Waals surface area contributed by atoms with Crippen molar-refractivity contribution in [1.29, 1.82) is 0 Å². The summed E-state index contributed by atoms with van der Waals surface area (Å²) in [5.41, 5.74) is 0.458. The van der Waals surface area contributed by atoms with E-state index in [1.165, 1.54) is 6.20 Å². The molecular weight excluding hydrogens is 382 g/mol. The van der Waals surface area contributed by atoms with Gasteiger partial charge < -0.3 is 15.0 Å². The standard InChI is InChI=1S/C22H27N5O3/c1-26-20-17(13-23-26)21(29)25-18(24-20)9-10-19(28)27(14-16-7-3-2-4-8-16)15-22(30)11-5-6-12-22/h2-4,7-8,13,30H,5-6,9-12,14-15H2,1H3,(H,24,25,29). The molecule has 30 heavy (non-hydrogen) atoms. The van der Waals surface area contributed by atoms with Crippen LogP contribution in [0.25, 0.3) is 11.0 Å². The van der Waals surface area contributed by atoms with Crippen LogP contribution in [0.15, 0.2) is 41.3 Å². The Balaban J connectivity index is 1.49. The average molecular weight is 409 g/mol. The van der Waals surface area contributed by atoms with Crippen molar-refractivity contribution < 1.29 is 9.90 Å². The van der Waals surface area contributed by atoms with E-state index in [9.17, 15) is 14.7 Å². The first-order chi connectivity index (χ1) is 14.4. The summed E-state index contributed by atoms with van der Waals surface area (Å²) in [5.74, 6) is 0.399. The summed E-state index contributed by atoms with van der Waals surface area (Å²) in [6, 6.07) is 9.79. The highest BCUT2D eigenvalue weighted by Gasteiger charge is 2.34. The number of H-pyrrole nitrogens is 1. The molecule has 0 bridgehead atoms. The van der Waals surface area contributed by atoms with Crippen molar-refractivity contribution in [2.75, 3.05) is 6.54 Å². The number of aromatic nitrogens is 4. The average Bonchev–Trinajstić information content (AvgIpc) is 3.33. The lowest BCUT2D eigenvalue weighted by Crippen LogP contribution is -2.44. The van der Waals surface area contributed by atoms with Gasteiger partial charge in [0.1, 0.15) is 11.2 Å². The molecule has 8 nitrogen and oxygen atoms in total. The van der Waals surface area contributed by atoms with Crippen LogP contribution in [-0.2, 0) is 24.8 Å². The van der Waals surface area contributed by atoms with Gasteiger partial charge in [-0.15, -0.1) is 0 Å². The van der Waals surface area contributed by atoms with Gasteiger partial charge in [0.05, 0.1) is 11.8 Å². The van der Waals surface area contributed by atoms with Crippen LogP contribution in [0.3, 0.4) is 0 Å². The largest absolute Gasteiger partial charge is 0.388 e. The lowest BCUT2D eigenvalue weighted by atomic mass is 10.0. The van der Waals surface area contributed by atoms with Crippen molar-refractivity contribution in [3.8, 4) is 0 Å². The van der Waals surface area contributed by atoms with Gasteiger partial charge in [0.25, 0.3) is 5.56 Å². The molecule has 0 atom stereocenters. The monoisotopic (exact) mass is 409 g/mol. The van der Waals surface area contributed by atoms with E-state index in [2.05, 4.69) is 15.1 Å². The van der Waals surface area contributed by atoms with Crippen LogP contribution < -0.4 is 5.56 Å². The molecule has 1 amide bonds. The lowest BCUT2D eigenvalue weighted by Gasteiger charge is -2.31. The normalized spacial score (nSPS) is 15.5. The third-order valence-electron chi connectivity index (χ3n) is 5.81. The first kappa shape index (κ1) is 20.3. The van der Waals surface area contributed by atoms with E-state index in [-0.39, 0.29) is 17.9 Å². The fourth-order valence-electron chi connectivity index (χ4n) is 4.16. The molecule has 4 rings (SSSR count). The number of hydrogen-bond donors (Lipinski definition) is 2. The SMILES string of the molecule is Cn1ncc2c(=O)[nH]c(CCC(=O)N(Cc3ccccc3)CC3(O)CCCC3)nc21. The smallest absolute Gasteiger partial charge is 0.262 e. The summed E-state index contributed by atoms with van der Waals surface area (Å²) in [4.78, 5) is 34.3. The molecule has 1 aliphatic rings. The van der Waals surface area contributed by atoms with Gasteiger partial charge in [-0.2, -0.15) is 5.10 Å². The Bertz CT molecular complexity index is 1080. The van der Waals surface area contributed by atoms with Gasteiger partial charge in [-0.3, -0.25) is 14.3 Å². The molecule has 2 N–H and O–H groups in total. The lowest BCUT2D eigenvalue weighted by molar-refractivity contribution is -0.135. The summed E-state index contributed by atoms with van der Waals surface area (Å²) in [7, 11) is 1.73. The molecule has 0 unspecified atom stereocenters. The summed E-state index contributed by atoms with van der Waals surface area (Å²) in [5, 5.41) is 15.4. The van der Waals surface area contributed by atoms with Gasteiger partial charge in [0.2, 0.25) is 5.91 Å². The molecule has 1 saturated carbocycles. The van der Waals surface area contributed by atoms with Gasteiger partial charge >= 0.3 is 0 Å². The molecule has 158 valence electrons. The molecule has 1 aliphatic carbocycles. The number of amides is 1. The van der Waals surface area contributed by atoms with Crippen molar-refractivity contribution in [1.82, 2.24) is 24.6 Å². The van der Waals surface area contributed by atoms with Crippen LogP contribution in [-0.4, -0.2) is 47.8 Å². The second-order valence-electron chi connectivity index (χ2n) is 8.18. The van der Waals surface area contributed by atoms with Gasteiger partial charge in [-0.1, -0.05) is 43.2 Å². The summed E-state index contributed by atoms with van der Waals surface area (Å²) in [6.45, 7) is 0.776. The van der Waals surface area contributed by atoms with E-state index in [1.54, 1.807) is 16.6 Å². The van der Waals surface area contributed by atoms with Crippen LogP contribution in [0, 0.1) is 0 Å². The topological polar surface area (TPSA) is 104 Å². The number of aromatic amines is 1. The van der Waals surface area contributed by atoms with E-state index >= 15 is 0 Å². The van der Waals surface area contributed by atoms with Crippen molar-refractivity contribution in [2.24, 2.45) is 7.05 Å². The number of carbonyl (C=O) groups excluding carboxylic acids is 1. The predicted molar refractivity (Wildman–Crippen MR) is 113 cm³/mol. The van der Waals surface area contributed by atoms with E-state index in [4.69, 9.17) is 0 Å². The van der Waals surface area contributed by atoms with E-state index in [0.717, 1.165) is 31.2 Å². The molecule has 0 spiro atoms. The predicted octanol–water partition coefficient (Wildman–Crippen LogP) is 1.92. The quantitative estimate of drug-likeness (QED) is 0.620. The van der Waals surface area contributed by atoms with E-state index in [0.29, 0.717) is 36.4 Å². The highest BCUT2D eigenvalue weighted by atomic mass is 16.3. The molecule has 0 aliphatic heterocycles. The first-order valence-corrected chi connectivity index (χ1v) is 10.4. The van der Waals surface area contributed by atoms with E-state index in [1.807, 2.05) is 30.3 Å². The Morgan fingerprint density at radius 1 is 1.27 bits per heavy atom. The minimum Gasteiger partial charge on any atom is -0.388 e. The number of carbonyl (C=O) groups is 1. The highest BCUT2D eigenvalue weighted by molar-refractivity contribution is 5.77. The molecule has 2 heterocycles. The van der Waals surface area contributed by atoms with E-state index < -0.39 is 5.60 Å². The maximum atomic E-state index is 13.1. The number of aliphatic hydroxyl groups is 1. The van der Waals surface area contributed by atoms with Crippen LogP contribution in [0.1, 0.15) is 43.5 Å². The number of fused-ring (bicyclic) bond motifs is 1. The van der Waals surface area contributed by atoms with Gasteiger partial charge in [0.15, 0.2) is 5.65 Å². The molecular formula is C22H27N5O3. The molecule has 0 radical (unpaired) electrons. The zero-order chi connectivity index (χ0) is 21.1. The fraction of sp³-hybridized carbons (Fsp3) is 0.455. The van der Waals surface area contributed by atoms with Crippen LogP contribution in [0.5, 0.6) is 0 Å². The number of hydrogen-bond acceptors (Lipinski definition) is 5. The maximum absolute atomic E-state index is 13.1. The third kappa shape index (κ3) is 4.43. The Morgan fingerprint density at radius 2 is 2.00 bits per heavy atom. The molecule has 1 aromatic carbocycles. The van der Waals surface area contributed by atoms with Crippen LogP contribution in [0.2, 0.25) is 0 Å². The number of nitrogens with zero attached hydrogens (tertiary/aromatic N) is 4. The maximum Gasteiger partial charge on any atom is 0.262 e. The summed E-state index contributed by atoms with van der Waals surface area (Å²) >= 11 is 0. The molecule has 3 aromatic rings. The number of aryl methyl sites for hydroxylation is 2. The van der Waals surface area contributed by atoms with Crippen molar-refractivity contribution >= 4 is 16.9 Å². The molecule has 8 heteroatoms. The second kappa shape index (κ2) is 8.39. The zero-order valence-corrected chi connectivity index (χ0v) is 17.2. The minimum absolute atomic E-state index is 0.0630. The Kier molecular flexibility index (Phi) is 5.67. The van der Waals surface area contributed by atoms with Crippen molar-refractivity contribution in [3.63, 3.8) is 0 Å². The zero-order valence-electron chi connectivity index (χ0n) is 17.2. The Morgan fingerprint density at radius 3 is 2.73 bits per heavy atom. The first-order valence-electron chi connectivity index (χ1n) is 10.4. The van der Waals surface area contributed by atoms with Gasteiger partial charge in [-0.05, 0) is 18.4 Å². The molecule has 0 saturated heterocycles.